The van der Waals surface area contributed by atoms with Gasteiger partial charge >= 0.3 is 18.2 Å². The molecule has 7 rings (SSSR count). The molecule has 46 heavy (non-hydrogen) atoms. The molecule has 2 amide bonds. The number of halogens is 3. The predicted octanol–water partition coefficient (Wildman–Crippen LogP) is 6.35. The predicted molar refractivity (Wildman–Crippen MR) is 163 cm³/mol. The van der Waals surface area contributed by atoms with Crippen LogP contribution in [0.3, 0.4) is 0 Å². The molecule has 4 aromatic heterocycles. The number of aryl methyl sites for hydroxylation is 1. The highest BCUT2D eigenvalue weighted by atomic mass is 19.4. The van der Waals surface area contributed by atoms with E-state index in [4.69, 9.17) is 9.72 Å². The molecule has 1 aliphatic heterocycles. The van der Waals surface area contributed by atoms with Crippen molar-refractivity contribution in [3.63, 3.8) is 0 Å². The van der Waals surface area contributed by atoms with Gasteiger partial charge in [-0.2, -0.15) is 23.4 Å². The number of amides is 2. The standard InChI is InChI=1S/C31H25F3N10O2/c1-19-9-13-43(41-19)26-8-5-21(31(32,33)34)15-25(26)39-29(45)38-22-16-35-30(36-17-22)46-23-6-3-20(4-7-23)24-18-37-44-14-10-27(40-28(24)44)42-11-2-12-42/h3-10,13-18H,2,11-12H2,1H3,(H2,38,39,45). The Morgan fingerprint density at radius 2 is 1.72 bits per heavy atom. The molecule has 5 heterocycles. The molecule has 0 aliphatic carbocycles. The Morgan fingerprint density at radius 3 is 2.39 bits per heavy atom. The molecule has 232 valence electrons. The number of carbonyl (C=O) groups is 1. The van der Waals surface area contributed by atoms with Crippen LogP contribution in [0.4, 0.5) is 35.2 Å². The van der Waals surface area contributed by atoms with E-state index in [9.17, 15) is 18.0 Å². The van der Waals surface area contributed by atoms with Crippen molar-refractivity contribution in [1.82, 2.24) is 34.3 Å². The van der Waals surface area contributed by atoms with Gasteiger partial charge in [-0.3, -0.25) is 0 Å². The number of nitrogens with one attached hydrogen (secondary N) is 2. The second-order valence-electron chi connectivity index (χ2n) is 10.5. The van der Waals surface area contributed by atoms with E-state index in [0.717, 1.165) is 54.2 Å². The molecule has 1 fully saturated rings. The third kappa shape index (κ3) is 5.89. The van der Waals surface area contributed by atoms with Crippen molar-refractivity contribution in [2.24, 2.45) is 0 Å². The Hall–Kier alpha value is -5.99. The fraction of sp³-hybridized carbons (Fsp3) is 0.161. The van der Waals surface area contributed by atoms with Crippen LogP contribution in [-0.2, 0) is 6.18 Å². The Balaban J connectivity index is 1.01. The molecule has 12 nitrogen and oxygen atoms in total. The maximum Gasteiger partial charge on any atom is 0.416 e. The molecule has 0 atom stereocenters. The van der Waals surface area contributed by atoms with E-state index in [1.54, 1.807) is 42.0 Å². The maximum absolute atomic E-state index is 13.4. The lowest BCUT2D eigenvalue weighted by Gasteiger charge is -2.31. The average molecular weight is 627 g/mol. The number of anilines is 3. The zero-order valence-electron chi connectivity index (χ0n) is 24.2. The molecule has 0 spiro atoms. The summed E-state index contributed by atoms with van der Waals surface area (Å²) in [6, 6.07) is 13.2. The molecule has 1 aliphatic rings. The van der Waals surface area contributed by atoms with Crippen LogP contribution in [0, 0.1) is 6.92 Å². The van der Waals surface area contributed by atoms with Crippen LogP contribution < -0.4 is 20.3 Å². The quantitative estimate of drug-likeness (QED) is 0.210. The molecule has 0 radical (unpaired) electrons. The molecular weight excluding hydrogens is 601 g/mol. The largest absolute Gasteiger partial charge is 0.424 e. The zero-order chi connectivity index (χ0) is 31.8. The van der Waals surface area contributed by atoms with E-state index in [0.29, 0.717) is 11.4 Å². The van der Waals surface area contributed by atoms with Crippen LogP contribution in [0.5, 0.6) is 11.8 Å². The highest BCUT2D eigenvalue weighted by molar-refractivity contribution is 6.01. The lowest BCUT2D eigenvalue weighted by Crippen LogP contribution is -2.37. The van der Waals surface area contributed by atoms with Gasteiger partial charge in [0.1, 0.15) is 11.6 Å². The van der Waals surface area contributed by atoms with Crippen LogP contribution in [0.2, 0.25) is 0 Å². The Bertz CT molecular complexity index is 2040. The highest BCUT2D eigenvalue weighted by Gasteiger charge is 2.31. The van der Waals surface area contributed by atoms with Gasteiger partial charge in [0.05, 0.1) is 46.9 Å². The third-order valence-electron chi connectivity index (χ3n) is 7.34. The first-order valence-corrected chi connectivity index (χ1v) is 14.2. The fourth-order valence-corrected chi connectivity index (χ4v) is 4.87. The summed E-state index contributed by atoms with van der Waals surface area (Å²) >= 11 is 0. The molecule has 2 aromatic carbocycles. The smallest absolute Gasteiger partial charge is 0.416 e. The van der Waals surface area contributed by atoms with Gasteiger partial charge in [0, 0.05) is 31.0 Å². The van der Waals surface area contributed by atoms with Crippen LogP contribution in [0.25, 0.3) is 22.5 Å². The minimum Gasteiger partial charge on any atom is -0.424 e. The number of alkyl halides is 3. The monoisotopic (exact) mass is 626 g/mol. The number of ether oxygens (including phenoxy) is 1. The summed E-state index contributed by atoms with van der Waals surface area (Å²) in [4.78, 5) is 28.0. The van der Waals surface area contributed by atoms with Gasteiger partial charge in [-0.1, -0.05) is 12.1 Å². The van der Waals surface area contributed by atoms with Crippen molar-refractivity contribution < 1.29 is 22.7 Å². The number of fused-ring (bicyclic) bond motifs is 1. The zero-order valence-corrected chi connectivity index (χ0v) is 24.2. The lowest BCUT2D eigenvalue weighted by molar-refractivity contribution is -0.137. The first-order chi connectivity index (χ1) is 22.2. The molecule has 1 saturated heterocycles. The molecule has 6 aromatic rings. The SMILES string of the molecule is Cc1ccn(-c2ccc(C(F)(F)F)cc2NC(=O)Nc2cnc(Oc3ccc(-c4cnn5ccc(N6CCC6)nc45)cc3)nc2)n1. The number of hydrogen-bond acceptors (Lipinski definition) is 8. The summed E-state index contributed by atoms with van der Waals surface area (Å²) in [7, 11) is 0. The molecule has 15 heteroatoms. The summed E-state index contributed by atoms with van der Waals surface area (Å²) in [5.41, 5.74) is 2.67. The van der Waals surface area contributed by atoms with Crippen LogP contribution >= 0.6 is 0 Å². The number of rotatable bonds is 7. The first-order valence-electron chi connectivity index (χ1n) is 14.2. The number of aromatic nitrogens is 7. The van der Waals surface area contributed by atoms with Crippen LogP contribution in [0.1, 0.15) is 17.7 Å². The van der Waals surface area contributed by atoms with Gasteiger partial charge in [-0.25, -0.2) is 28.9 Å². The number of benzene rings is 2. The first kappa shape index (κ1) is 28.8. The van der Waals surface area contributed by atoms with Gasteiger partial charge in [-0.05, 0) is 61.4 Å². The van der Waals surface area contributed by atoms with E-state index >= 15 is 0 Å². The second-order valence-corrected chi connectivity index (χ2v) is 10.5. The normalized spacial score (nSPS) is 13.0. The minimum absolute atomic E-state index is 0.0322. The maximum atomic E-state index is 13.4. The van der Waals surface area contributed by atoms with Crippen molar-refractivity contribution in [3.05, 3.63) is 96.8 Å². The van der Waals surface area contributed by atoms with Gasteiger partial charge in [-0.15, -0.1) is 0 Å². The van der Waals surface area contributed by atoms with E-state index in [1.165, 1.54) is 23.1 Å². The summed E-state index contributed by atoms with van der Waals surface area (Å²) in [5, 5.41) is 13.6. The van der Waals surface area contributed by atoms with Gasteiger partial charge in [0.2, 0.25) is 0 Å². The Kier molecular flexibility index (Phi) is 7.19. The lowest BCUT2D eigenvalue weighted by atomic mass is 10.1. The van der Waals surface area contributed by atoms with Gasteiger partial charge < -0.3 is 20.3 Å². The number of urea groups is 1. The van der Waals surface area contributed by atoms with Crippen molar-refractivity contribution in [2.45, 2.75) is 19.5 Å². The molecule has 0 bridgehead atoms. The number of hydrogen-bond donors (Lipinski definition) is 2. The Labute approximate surface area is 259 Å². The molecule has 0 saturated carbocycles. The van der Waals surface area contributed by atoms with Crippen molar-refractivity contribution >= 4 is 28.9 Å². The Morgan fingerprint density at radius 1 is 0.935 bits per heavy atom. The molecular formula is C31H25F3N10O2. The number of carbonyl (C=O) groups excluding carboxylic acids is 1. The van der Waals surface area contributed by atoms with Crippen LogP contribution in [-0.4, -0.2) is 53.5 Å². The van der Waals surface area contributed by atoms with E-state index in [1.807, 2.05) is 24.4 Å². The number of nitrogens with zero attached hydrogens (tertiary/aromatic N) is 8. The summed E-state index contributed by atoms with van der Waals surface area (Å²) in [6.07, 6.45) is 4.47. The fourth-order valence-electron chi connectivity index (χ4n) is 4.87. The van der Waals surface area contributed by atoms with Crippen LogP contribution in [0.15, 0.2) is 85.6 Å². The minimum atomic E-state index is -4.60. The third-order valence-corrected chi connectivity index (χ3v) is 7.34. The summed E-state index contributed by atoms with van der Waals surface area (Å²) < 4.78 is 49.1. The van der Waals surface area contributed by atoms with E-state index in [2.05, 4.69) is 35.7 Å². The second kappa shape index (κ2) is 11.5. The van der Waals surface area contributed by atoms with Crippen molar-refractivity contribution in [1.29, 1.82) is 0 Å². The van der Waals surface area contributed by atoms with Crippen molar-refractivity contribution in [2.75, 3.05) is 28.6 Å². The summed E-state index contributed by atoms with van der Waals surface area (Å²) in [6.45, 7) is 3.74. The van der Waals surface area contributed by atoms with Crippen molar-refractivity contribution in [3.8, 4) is 28.6 Å². The summed E-state index contributed by atoms with van der Waals surface area (Å²) in [5.74, 6) is 1.41. The topological polar surface area (TPSA) is 127 Å². The van der Waals surface area contributed by atoms with E-state index < -0.39 is 17.8 Å². The molecule has 2 N–H and O–H groups in total. The van der Waals surface area contributed by atoms with E-state index in [-0.39, 0.29) is 23.1 Å². The van der Waals surface area contributed by atoms with Gasteiger partial charge in [0.15, 0.2) is 5.65 Å². The molecule has 0 unspecified atom stereocenters. The highest BCUT2D eigenvalue weighted by Crippen LogP contribution is 2.34. The average Bonchev–Trinajstić information content (AvgIpc) is 3.63. The van der Waals surface area contributed by atoms with Gasteiger partial charge in [0.25, 0.3) is 0 Å².